The van der Waals surface area contributed by atoms with E-state index in [1.165, 1.54) is 0 Å². The number of aromatic nitrogens is 2. The van der Waals surface area contributed by atoms with Crippen LogP contribution in [-0.4, -0.2) is 44.4 Å². The van der Waals surface area contributed by atoms with Crippen molar-refractivity contribution < 1.29 is 14.7 Å². The zero-order valence-corrected chi connectivity index (χ0v) is 13.6. The van der Waals surface area contributed by atoms with Gasteiger partial charge in [0.2, 0.25) is 0 Å². The molecule has 1 saturated heterocycles. The van der Waals surface area contributed by atoms with Crippen LogP contribution in [0.2, 0.25) is 5.02 Å². The Labute approximate surface area is 138 Å². The number of aryl methyl sites for hydroxylation is 1. The molecule has 0 bridgehead atoms. The Balaban J connectivity index is 1.92. The Morgan fingerprint density at radius 2 is 2.04 bits per heavy atom. The molecule has 0 saturated carbocycles. The zero-order chi connectivity index (χ0) is 16.6. The van der Waals surface area contributed by atoms with E-state index in [1.807, 2.05) is 6.92 Å². The molecule has 3 heterocycles. The van der Waals surface area contributed by atoms with Gasteiger partial charge in [0.1, 0.15) is 11.3 Å². The summed E-state index contributed by atoms with van der Waals surface area (Å²) in [6.07, 6.45) is 3.31. The number of aliphatic carboxylic acids is 1. The molecule has 1 N–H and O–H groups in total. The van der Waals surface area contributed by atoms with E-state index in [1.54, 1.807) is 27.6 Å². The Hall–Kier alpha value is -2.08. The second kappa shape index (κ2) is 6.20. The number of hydrogen-bond acceptors (Lipinski definition) is 3. The topological polar surface area (TPSA) is 74.9 Å². The van der Waals surface area contributed by atoms with Crippen molar-refractivity contribution >= 4 is 29.1 Å². The number of piperidine rings is 1. The molecule has 7 heteroatoms. The number of rotatable bonds is 3. The minimum atomic E-state index is -0.784. The van der Waals surface area contributed by atoms with Gasteiger partial charge >= 0.3 is 5.97 Å². The monoisotopic (exact) mass is 335 g/mol. The van der Waals surface area contributed by atoms with Gasteiger partial charge in [-0.15, -0.1) is 0 Å². The van der Waals surface area contributed by atoms with Crippen LogP contribution in [-0.2, 0) is 11.2 Å². The molecule has 1 fully saturated rings. The van der Waals surface area contributed by atoms with Crippen LogP contribution in [0, 0.1) is 5.92 Å². The van der Waals surface area contributed by atoms with Gasteiger partial charge in [-0.25, -0.2) is 4.98 Å². The van der Waals surface area contributed by atoms with Crippen LogP contribution in [0.5, 0.6) is 0 Å². The third-order valence-corrected chi connectivity index (χ3v) is 4.55. The number of likely N-dealkylation sites (tertiary alicyclic amines) is 1. The Bertz CT molecular complexity index is 763. The summed E-state index contributed by atoms with van der Waals surface area (Å²) in [5, 5.41) is 9.61. The lowest BCUT2D eigenvalue weighted by Crippen LogP contribution is -2.41. The van der Waals surface area contributed by atoms with E-state index in [0.717, 1.165) is 5.69 Å². The first kappa shape index (κ1) is 15.8. The molecular formula is C16H18ClN3O3. The fourth-order valence-electron chi connectivity index (χ4n) is 3.02. The van der Waals surface area contributed by atoms with E-state index >= 15 is 0 Å². The highest BCUT2D eigenvalue weighted by molar-refractivity contribution is 6.30. The number of amides is 1. The largest absolute Gasteiger partial charge is 0.481 e. The van der Waals surface area contributed by atoms with E-state index in [-0.39, 0.29) is 11.8 Å². The molecular weight excluding hydrogens is 318 g/mol. The van der Waals surface area contributed by atoms with Crippen molar-refractivity contribution in [2.75, 3.05) is 13.1 Å². The maximum atomic E-state index is 12.9. The molecule has 0 radical (unpaired) electrons. The minimum Gasteiger partial charge on any atom is -0.481 e. The summed E-state index contributed by atoms with van der Waals surface area (Å²) in [5.41, 5.74) is 1.95. The maximum Gasteiger partial charge on any atom is 0.306 e. The fourth-order valence-corrected chi connectivity index (χ4v) is 3.18. The lowest BCUT2D eigenvalue weighted by molar-refractivity contribution is -0.143. The number of carbonyl (C=O) groups is 2. The lowest BCUT2D eigenvalue weighted by Gasteiger charge is -2.30. The van der Waals surface area contributed by atoms with Crippen LogP contribution >= 0.6 is 11.6 Å². The maximum absolute atomic E-state index is 12.9. The standard InChI is InChI=1S/C16H18ClN3O3/c1-2-12-14(20-9-11(17)3-4-13(20)18-12)15(21)19-7-5-10(6-8-19)16(22)23/h3-4,9-10H,2,5-8H2,1H3,(H,22,23). The molecule has 1 aliphatic rings. The SMILES string of the molecule is CCc1nc2ccc(Cl)cn2c1C(=O)N1CCC(C(=O)O)CC1. The van der Waals surface area contributed by atoms with Gasteiger partial charge in [0, 0.05) is 19.3 Å². The number of carboxylic acids is 1. The van der Waals surface area contributed by atoms with Gasteiger partial charge in [-0.3, -0.25) is 14.0 Å². The molecule has 0 atom stereocenters. The number of hydrogen-bond donors (Lipinski definition) is 1. The molecule has 0 aliphatic carbocycles. The van der Waals surface area contributed by atoms with Crippen LogP contribution in [0.4, 0.5) is 0 Å². The van der Waals surface area contributed by atoms with Crippen LogP contribution in [0.3, 0.4) is 0 Å². The number of imidazole rings is 1. The molecule has 2 aromatic heterocycles. The number of pyridine rings is 1. The number of fused-ring (bicyclic) bond motifs is 1. The molecule has 1 aliphatic heterocycles. The van der Waals surface area contributed by atoms with Gasteiger partial charge in [-0.2, -0.15) is 0 Å². The van der Waals surface area contributed by atoms with Crippen molar-refractivity contribution in [3.8, 4) is 0 Å². The van der Waals surface area contributed by atoms with Gasteiger partial charge in [0.25, 0.3) is 5.91 Å². The van der Waals surface area contributed by atoms with E-state index in [9.17, 15) is 9.59 Å². The van der Waals surface area contributed by atoms with Crippen LogP contribution in [0.15, 0.2) is 18.3 Å². The smallest absolute Gasteiger partial charge is 0.306 e. The molecule has 3 rings (SSSR count). The van der Waals surface area contributed by atoms with Gasteiger partial charge < -0.3 is 10.0 Å². The van der Waals surface area contributed by atoms with Crippen LogP contribution in [0.1, 0.15) is 35.9 Å². The highest BCUT2D eigenvalue weighted by Gasteiger charge is 2.30. The third-order valence-electron chi connectivity index (χ3n) is 4.32. The Morgan fingerprint density at radius 3 is 2.65 bits per heavy atom. The first-order valence-electron chi connectivity index (χ1n) is 7.69. The number of carboxylic acid groups (broad SMARTS) is 1. The molecule has 0 unspecified atom stereocenters. The summed E-state index contributed by atoms with van der Waals surface area (Å²) >= 11 is 6.05. The number of carbonyl (C=O) groups excluding carboxylic acids is 1. The summed E-state index contributed by atoms with van der Waals surface area (Å²) in [4.78, 5) is 30.2. The van der Waals surface area contributed by atoms with E-state index in [2.05, 4.69) is 4.98 Å². The first-order chi connectivity index (χ1) is 11.0. The van der Waals surface area contributed by atoms with Gasteiger partial charge in [-0.05, 0) is 31.4 Å². The normalized spacial score (nSPS) is 16.0. The second-order valence-corrected chi connectivity index (χ2v) is 6.18. The first-order valence-corrected chi connectivity index (χ1v) is 8.07. The Kier molecular flexibility index (Phi) is 4.26. The van der Waals surface area contributed by atoms with Crippen molar-refractivity contribution in [3.05, 3.63) is 34.7 Å². The van der Waals surface area contributed by atoms with Crippen LogP contribution < -0.4 is 0 Å². The molecule has 0 spiro atoms. The van der Waals surface area contributed by atoms with Gasteiger partial charge in [0.15, 0.2) is 0 Å². The third kappa shape index (κ3) is 2.91. The average molecular weight is 336 g/mol. The lowest BCUT2D eigenvalue weighted by atomic mass is 9.97. The molecule has 1 amide bonds. The fraction of sp³-hybridized carbons (Fsp3) is 0.438. The summed E-state index contributed by atoms with van der Waals surface area (Å²) in [5.74, 6) is -1.25. The van der Waals surface area contributed by atoms with Gasteiger partial charge in [0.05, 0.1) is 16.6 Å². The van der Waals surface area contributed by atoms with E-state index in [0.29, 0.717) is 48.7 Å². The zero-order valence-electron chi connectivity index (χ0n) is 12.8. The number of nitrogens with zero attached hydrogens (tertiary/aromatic N) is 3. The van der Waals surface area contributed by atoms with Crippen molar-refractivity contribution in [1.82, 2.24) is 14.3 Å². The van der Waals surface area contributed by atoms with E-state index in [4.69, 9.17) is 16.7 Å². The molecule has 2 aromatic rings. The van der Waals surface area contributed by atoms with Crippen LogP contribution in [0.25, 0.3) is 5.65 Å². The summed E-state index contributed by atoms with van der Waals surface area (Å²) in [7, 11) is 0. The van der Waals surface area contributed by atoms with Crippen molar-refractivity contribution in [3.63, 3.8) is 0 Å². The molecule has 122 valence electrons. The highest BCUT2D eigenvalue weighted by Crippen LogP contribution is 2.23. The van der Waals surface area contributed by atoms with Crippen molar-refractivity contribution in [2.45, 2.75) is 26.2 Å². The summed E-state index contributed by atoms with van der Waals surface area (Å²) in [6.45, 7) is 2.86. The second-order valence-electron chi connectivity index (χ2n) is 5.74. The van der Waals surface area contributed by atoms with Gasteiger partial charge in [-0.1, -0.05) is 18.5 Å². The predicted octanol–water partition coefficient (Wildman–Crippen LogP) is 2.49. The number of halogens is 1. The van der Waals surface area contributed by atoms with E-state index < -0.39 is 5.97 Å². The molecule has 0 aromatic carbocycles. The summed E-state index contributed by atoms with van der Waals surface area (Å²) < 4.78 is 1.73. The highest BCUT2D eigenvalue weighted by atomic mass is 35.5. The van der Waals surface area contributed by atoms with Crippen molar-refractivity contribution in [2.24, 2.45) is 5.92 Å². The minimum absolute atomic E-state index is 0.111. The average Bonchev–Trinajstić information content (AvgIpc) is 2.91. The summed E-state index contributed by atoms with van der Waals surface area (Å²) in [6, 6.07) is 3.53. The van der Waals surface area contributed by atoms with Crippen molar-refractivity contribution in [1.29, 1.82) is 0 Å². The molecule has 6 nitrogen and oxygen atoms in total. The predicted molar refractivity (Wildman–Crippen MR) is 85.8 cm³/mol. The molecule has 23 heavy (non-hydrogen) atoms. The Morgan fingerprint density at radius 1 is 1.35 bits per heavy atom. The quantitative estimate of drug-likeness (QED) is 0.935.